The van der Waals surface area contributed by atoms with Crippen LogP contribution < -0.4 is 4.74 Å². The van der Waals surface area contributed by atoms with Gasteiger partial charge in [-0.2, -0.15) is 0 Å². The van der Waals surface area contributed by atoms with Crippen molar-refractivity contribution in [3.63, 3.8) is 0 Å². The van der Waals surface area contributed by atoms with Crippen molar-refractivity contribution in [1.29, 1.82) is 0 Å². The number of rotatable bonds is 8. The lowest BCUT2D eigenvalue weighted by atomic mass is 9.70. The highest BCUT2D eigenvalue weighted by Gasteiger charge is 2.30. The molecule has 1 rings (SSSR count). The van der Waals surface area contributed by atoms with E-state index in [1.807, 2.05) is 18.2 Å². The first kappa shape index (κ1) is 21.8. The summed E-state index contributed by atoms with van der Waals surface area (Å²) in [6, 6.07) is 7.79. The van der Waals surface area contributed by atoms with Crippen LogP contribution >= 0.6 is 0 Å². The molecule has 0 saturated heterocycles. The SMILES string of the molecule is CC(OCCOC(F)(F)F)Oc1cccc(C(C(C)C)C(C)(C)C)c1. The van der Waals surface area contributed by atoms with Gasteiger partial charge in [-0.05, 0) is 41.9 Å². The van der Waals surface area contributed by atoms with Crippen LogP contribution in [0.1, 0.15) is 53.0 Å². The Balaban J connectivity index is 2.65. The fraction of sp³-hybridized carbons (Fsp3) is 0.684. The molecular formula is C19H29F3O3. The zero-order valence-corrected chi connectivity index (χ0v) is 15.8. The van der Waals surface area contributed by atoms with Crippen molar-refractivity contribution in [2.75, 3.05) is 13.2 Å². The number of ether oxygens (including phenoxy) is 3. The first-order valence-electron chi connectivity index (χ1n) is 8.49. The van der Waals surface area contributed by atoms with Gasteiger partial charge < -0.3 is 9.47 Å². The van der Waals surface area contributed by atoms with Crippen LogP contribution in [0.2, 0.25) is 0 Å². The van der Waals surface area contributed by atoms with E-state index in [-0.39, 0.29) is 12.0 Å². The average Bonchev–Trinajstić information content (AvgIpc) is 2.41. The van der Waals surface area contributed by atoms with E-state index in [1.165, 1.54) is 5.56 Å². The lowest BCUT2D eigenvalue weighted by Crippen LogP contribution is -2.24. The van der Waals surface area contributed by atoms with E-state index in [9.17, 15) is 13.2 Å². The van der Waals surface area contributed by atoms with E-state index in [2.05, 4.69) is 45.4 Å². The number of hydrogen-bond donors (Lipinski definition) is 0. The molecule has 1 aromatic carbocycles. The first-order chi connectivity index (χ1) is 11.4. The molecule has 0 aliphatic carbocycles. The Bertz CT molecular complexity index is 521. The highest BCUT2D eigenvalue weighted by atomic mass is 19.4. The van der Waals surface area contributed by atoms with Crippen molar-refractivity contribution >= 4 is 0 Å². The zero-order valence-electron chi connectivity index (χ0n) is 15.8. The maximum Gasteiger partial charge on any atom is 0.522 e. The van der Waals surface area contributed by atoms with Gasteiger partial charge in [0, 0.05) is 0 Å². The van der Waals surface area contributed by atoms with Crippen molar-refractivity contribution in [3.8, 4) is 5.75 Å². The summed E-state index contributed by atoms with van der Waals surface area (Å²) in [7, 11) is 0. The van der Waals surface area contributed by atoms with Crippen molar-refractivity contribution < 1.29 is 27.4 Å². The topological polar surface area (TPSA) is 27.7 Å². The molecule has 2 atom stereocenters. The van der Waals surface area contributed by atoms with E-state index in [0.29, 0.717) is 17.6 Å². The minimum absolute atomic E-state index is 0.101. The van der Waals surface area contributed by atoms with Gasteiger partial charge >= 0.3 is 6.36 Å². The Hall–Kier alpha value is -1.27. The van der Waals surface area contributed by atoms with Crippen LogP contribution in [-0.4, -0.2) is 25.9 Å². The van der Waals surface area contributed by atoms with Gasteiger partial charge in [0.05, 0.1) is 13.2 Å². The number of hydrogen-bond acceptors (Lipinski definition) is 3. The first-order valence-corrected chi connectivity index (χ1v) is 8.49. The van der Waals surface area contributed by atoms with Crippen LogP contribution in [0.3, 0.4) is 0 Å². The molecule has 0 spiro atoms. The van der Waals surface area contributed by atoms with Gasteiger partial charge in [-0.25, -0.2) is 0 Å². The molecule has 0 radical (unpaired) electrons. The second-order valence-electron chi connectivity index (χ2n) is 7.51. The summed E-state index contributed by atoms with van der Waals surface area (Å²) >= 11 is 0. The van der Waals surface area contributed by atoms with Crippen LogP contribution in [0.25, 0.3) is 0 Å². The Morgan fingerprint density at radius 2 is 1.64 bits per heavy atom. The van der Waals surface area contributed by atoms with Crippen molar-refractivity contribution in [1.82, 2.24) is 0 Å². The standard InChI is InChI=1S/C19H29F3O3/c1-13(2)17(18(4,5)6)15-8-7-9-16(12-15)25-14(3)23-10-11-24-19(20,21)22/h7-9,12-14,17H,10-11H2,1-6H3. The van der Waals surface area contributed by atoms with Crippen molar-refractivity contribution in [2.24, 2.45) is 11.3 Å². The molecule has 0 heterocycles. The predicted molar refractivity (Wildman–Crippen MR) is 91.5 cm³/mol. The summed E-state index contributed by atoms with van der Waals surface area (Å²) in [5.41, 5.74) is 1.27. The molecule has 6 heteroatoms. The molecule has 0 N–H and O–H groups in total. The number of alkyl halides is 3. The second-order valence-corrected chi connectivity index (χ2v) is 7.51. The second kappa shape index (κ2) is 8.90. The maximum absolute atomic E-state index is 11.9. The van der Waals surface area contributed by atoms with Crippen LogP contribution in [0, 0.1) is 11.3 Å². The van der Waals surface area contributed by atoms with Crippen molar-refractivity contribution in [3.05, 3.63) is 29.8 Å². The van der Waals surface area contributed by atoms with Crippen LogP contribution in [-0.2, 0) is 9.47 Å². The molecule has 0 aromatic heterocycles. The predicted octanol–water partition coefficient (Wildman–Crippen LogP) is 5.75. The largest absolute Gasteiger partial charge is 0.522 e. The third kappa shape index (κ3) is 8.10. The van der Waals surface area contributed by atoms with E-state index in [4.69, 9.17) is 9.47 Å². The monoisotopic (exact) mass is 362 g/mol. The smallest absolute Gasteiger partial charge is 0.465 e. The molecule has 25 heavy (non-hydrogen) atoms. The Labute approximate surface area is 148 Å². The summed E-state index contributed by atoms with van der Waals surface area (Å²) in [5, 5.41) is 0. The molecule has 0 aliphatic heterocycles. The average molecular weight is 362 g/mol. The minimum Gasteiger partial charge on any atom is -0.465 e. The normalized spacial score (nSPS) is 15.3. The Morgan fingerprint density at radius 3 is 2.16 bits per heavy atom. The maximum atomic E-state index is 11.9. The molecule has 0 aliphatic rings. The summed E-state index contributed by atoms with van der Waals surface area (Å²) < 4.78 is 50.2. The lowest BCUT2D eigenvalue weighted by molar-refractivity contribution is -0.328. The van der Waals surface area contributed by atoms with E-state index in [0.717, 1.165) is 0 Å². The van der Waals surface area contributed by atoms with Gasteiger partial charge in [0.15, 0.2) is 6.29 Å². The highest BCUT2D eigenvalue weighted by Crippen LogP contribution is 2.41. The van der Waals surface area contributed by atoms with Crippen LogP contribution in [0.5, 0.6) is 5.75 Å². The summed E-state index contributed by atoms with van der Waals surface area (Å²) in [6.45, 7) is 11.9. The molecule has 2 unspecified atom stereocenters. The lowest BCUT2D eigenvalue weighted by Gasteiger charge is -2.34. The molecular weight excluding hydrogens is 333 g/mol. The third-order valence-corrected chi connectivity index (χ3v) is 3.82. The van der Waals surface area contributed by atoms with Gasteiger partial charge in [-0.1, -0.05) is 46.8 Å². The molecule has 0 saturated carbocycles. The van der Waals surface area contributed by atoms with E-state index in [1.54, 1.807) is 6.92 Å². The fourth-order valence-corrected chi connectivity index (χ4v) is 3.26. The molecule has 1 aromatic rings. The van der Waals surface area contributed by atoms with Gasteiger partial charge in [0.2, 0.25) is 0 Å². The molecule has 0 bridgehead atoms. The Morgan fingerprint density at radius 1 is 1.00 bits per heavy atom. The quantitative estimate of drug-likeness (QED) is 0.435. The molecule has 3 nitrogen and oxygen atoms in total. The van der Waals surface area contributed by atoms with Gasteiger partial charge in [-0.3, -0.25) is 4.74 Å². The molecule has 0 fully saturated rings. The Kier molecular flexibility index (Phi) is 7.75. The summed E-state index contributed by atoms with van der Waals surface area (Å²) in [5.74, 6) is 1.45. The molecule has 0 amide bonds. The molecule has 144 valence electrons. The van der Waals surface area contributed by atoms with Gasteiger partial charge in [0.25, 0.3) is 0 Å². The summed E-state index contributed by atoms with van der Waals surface area (Å²) in [4.78, 5) is 0. The number of halogens is 3. The van der Waals surface area contributed by atoms with Crippen molar-refractivity contribution in [2.45, 2.75) is 60.1 Å². The number of benzene rings is 1. The third-order valence-electron chi connectivity index (χ3n) is 3.82. The summed E-state index contributed by atoms with van der Waals surface area (Å²) in [6.07, 6.45) is -5.31. The van der Waals surface area contributed by atoms with Gasteiger partial charge in [-0.15, -0.1) is 13.2 Å². The van der Waals surface area contributed by atoms with E-state index >= 15 is 0 Å². The van der Waals surface area contributed by atoms with Gasteiger partial charge in [0.1, 0.15) is 5.75 Å². The zero-order chi connectivity index (χ0) is 19.3. The van der Waals surface area contributed by atoms with Crippen LogP contribution in [0.4, 0.5) is 13.2 Å². The van der Waals surface area contributed by atoms with Crippen LogP contribution in [0.15, 0.2) is 24.3 Å². The minimum atomic E-state index is -4.64. The van der Waals surface area contributed by atoms with E-state index < -0.39 is 19.3 Å². The fourth-order valence-electron chi connectivity index (χ4n) is 3.26. The highest BCUT2D eigenvalue weighted by molar-refractivity contribution is 5.32.